The van der Waals surface area contributed by atoms with Crippen LogP contribution in [0.1, 0.15) is 31.7 Å². The molecule has 2 atom stereocenters. The summed E-state index contributed by atoms with van der Waals surface area (Å²) < 4.78 is 0. The molecule has 0 aliphatic heterocycles. The van der Waals surface area contributed by atoms with Gasteiger partial charge in [0.05, 0.1) is 5.92 Å². The molecule has 0 aliphatic carbocycles. The highest BCUT2D eigenvalue weighted by atomic mass is 16.4. The fourth-order valence-electron chi connectivity index (χ4n) is 2.06. The summed E-state index contributed by atoms with van der Waals surface area (Å²) in [4.78, 5) is 22.5. The van der Waals surface area contributed by atoms with Crippen LogP contribution in [0.15, 0.2) is 24.3 Å². The Bertz CT molecular complexity index is 483. The lowest BCUT2D eigenvalue weighted by Crippen LogP contribution is -2.41. The highest BCUT2D eigenvalue weighted by molar-refractivity contribution is 5.77. The second-order valence-corrected chi connectivity index (χ2v) is 5.41. The van der Waals surface area contributed by atoms with Gasteiger partial charge in [-0.05, 0) is 30.0 Å². The molecule has 0 radical (unpaired) electrons. The molecule has 0 amide bonds. The zero-order chi connectivity index (χ0) is 16.0. The third kappa shape index (κ3) is 5.43. The molecule has 4 N–H and O–H groups in total. The van der Waals surface area contributed by atoms with Crippen molar-refractivity contribution >= 4 is 11.9 Å². The van der Waals surface area contributed by atoms with E-state index in [0.717, 1.165) is 0 Å². The molecule has 0 fully saturated rings. The quantitative estimate of drug-likeness (QED) is 0.581. The van der Waals surface area contributed by atoms with E-state index in [0.29, 0.717) is 12.0 Å². The summed E-state index contributed by atoms with van der Waals surface area (Å²) in [6.45, 7) is 3.84. The molecule has 0 saturated heterocycles. The number of nitrogens with one attached hydrogen (secondary N) is 1. The number of aliphatic carboxylic acids is 2. The van der Waals surface area contributed by atoms with Crippen LogP contribution in [0, 0.1) is 5.92 Å². The fourth-order valence-corrected chi connectivity index (χ4v) is 2.06. The van der Waals surface area contributed by atoms with Crippen LogP contribution in [0.2, 0.25) is 0 Å². The normalized spacial score (nSPS) is 13.9. The summed E-state index contributed by atoms with van der Waals surface area (Å²) in [6, 6.07) is 5.09. The molecular formula is C15H21NO5. The standard InChI is InChI=1S/C15H21NO5/c1-9(2)7-13(15(20)21)16-8-12(14(18)19)10-3-5-11(17)6-4-10/h3-6,9,12-13,16-17H,7-8H2,1-2H3,(H,18,19)(H,20,21). The maximum atomic E-state index is 11.3. The molecule has 0 aromatic heterocycles. The summed E-state index contributed by atoms with van der Waals surface area (Å²) in [5, 5.41) is 30.4. The number of phenols is 1. The number of rotatable bonds is 8. The topological polar surface area (TPSA) is 107 Å². The van der Waals surface area contributed by atoms with Crippen LogP contribution in [0.4, 0.5) is 0 Å². The SMILES string of the molecule is CC(C)CC(NCC(C(=O)O)c1ccc(O)cc1)C(=O)O. The van der Waals surface area contributed by atoms with Crippen LogP contribution in [-0.4, -0.2) is 39.8 Å². The number of hydrogen-bond acceptors (Lipinski definition) is 4. The summed E-state index contributed by atoms with van der Waals surface area (Å²) in [5.74, 6) is -2.64. The number of carboxylic acid groups (broad SMARTS) is 2. The summed E-state index contributed by atoms with van der Waals surface area (Å²) in [6.07, 6.45) is 0.428. The van der Waals surface area contributed by atoms with Gasteiger partial charge in [0.15, 0.2) is 0 Å². The van der Waals surface area contributed by atoms with E-state index in [1.807, 2.05) is 13.8 Å². The molecule has 6 heteroatoms. The minimum Gasteiger partial charge on any atom is -0.508 e. The van der Waals surface area contributed by atoms with Gasteiger partial charge in [0.25, 0.3) is 0 Å². The first-order valence-electron chi connectivity index (χ1n) is 6.79. The molecule has 0 spiro atoms. The van der Waals surface area contributed by atoms with Crippen LogP contribution in [-0.2, 0) is 9.59 Å². The number of benzene rings is 1. The van der Waals surface area contributed by atoms with Gasteiger partial charge in [-0.25, -0.2) is 0 Å². The van der Waals surface area contributed by atoms with Gasteiger partial charge in [-0.3, -0.25) is 9.59 Å². The van der Waals surface area contributed by atoms with Crippen molar-refractivity contribution < 1.29 is 24.9 Å². The Kier molecular flexibility index (Phi) is 6.17. The van der Waals surface area contributed by atoms with Gasteiger partial charge in [0.1, 0.15) is 11.8 Å². The lowest BCUT2D eigenvalue weighted by atomic mass is 9.97. The Labute approximate surface area is 123 Å². The Morgan fingerprint density at radius 3 is 2.10 bits per heavy atom. The van der Waals surface area contributed by atoms with Crippen molar-refractivity contribution in [3.05, 3.63) is 29.8 Å². The minimum atomic E-state index is -1.04. The first-order valence-corrected chi connectivity index (χ1v) is 6.79. The Balaban J connectivity index is 2.76. The third-order valence-electron chi connectivity index (χ3n) is 3.17. The molecule has 1 aromatic carbocycles. The van der Waals surface area contributed by atoms with Gasteiger partial charge in [-0.1, -0.05) is 26.0 Å². The monoisotopic (exact) mass is 295 g/mol. The van der Waals surface area contributed by atoms with E-state index in [-0.39, 0.29) is 18.2 Å². The smallest absolute Gasteiger partial charge is 0.320 e. The van der Waals surface area contributed by atoms with Crippen molar-refractivity contribution in [2.45, 2.75) is 32.2 Å². The average molecular weight is 295 g/mol. The zero-order valence-electron chi connectivity index (χ0n) is 12.1. The van der Waals surface area contributed by atoms with E-state index in [9.17, 15) is 19.8 Å². The van der Waals surface area contributed by atoms with E-state index >= 15 is 0 Å². The highest BCUT2D eigenvalue weighted by Crippen LogP contribution is 2.19. The fraction of sp³-hybridized carbons (Fsp3) is 0.467. The number of hydrogen-bond donors (Lipinski definition) is 4. The molecule has 21 heavy (non-hydrogen) atoms. The van der Waals surface area contributed by atoms with Crippen molar-refractivity contribution in [2.75, 3.05) is 6.54 Å². The summed E-state index contributed by atoms with van der Waals surface area (Å²) in [7, 11) is 0. The van der Waals surface area contributed by atoms with Crippen LogP contribution >= 0.6 is 0 Å². The van der Waals surface area contributed by atoms with Crippen LogP contribution in [0.5, 0.6) is 5.75 Å². The van der Waals surface area contributed by atoms with Gasteiger partial charge < -0.3 is 20.6 Å². The Hall–Kier alpha value is -2.08. The van der Waals surface area contributed by atoms with Crippen LogP contribution < -0.4 is 5.32 Å². The number of carbonyl (C=O) groups is 2. The van der Waals surface area contributed by atoms with Crippen molar-refractivity contribution in [3.63, 3.8) is 0 Å². The second-order valence-electron chi connectivity index (χ2n) is 5.41. The lowest BCUT2D eigenvalue weighted by Gasteiger charge is -2.20. The molecule has 116 valence electrons. The molecule has 1 aromatic rings. The van der Waals surface area contributed by atoms with Gasteiger partial charge >= 0.3 is 11.9 Å². The van der Waals surface area contributed by atoms with Crippen molar-refractivity contribution in [3.8, 4) is 5.75 Å². The predicted octanol–water partition coefficient (Wildman–Crippen LogP) is 1.65. The minimum absolute atomic E-state index is 0.0177. The predicted molar refractivity (Wildman–Crippen MR) is 77.4 cm³/mol. The average Bonchev–Trinajstić information content (AvgIpc) is 2.38. The van der Waals surface area contributed by atoms with E-state index in [1.165, 1.54) is 24.3 Å². The second kappa shape index (κ2) is 7.64. The van der Waals surface area contributed by atoms with Gasteiger partial charge in [-0.15, -0.1) is 0 Å². The molecule has 0 bridgehead atoms. The van der Waals surface area contributed by atoms with Crippen molar-refractivity contribution in [1.29, 1.82) is 0 Å². The maximum Gasteiger partial charge on any atom is 0.320 e. The van der Waals surface area contributed by atoms with Crippen LogP contribution in [0.25, 0.3) is 0 Å². The molecule has 0 aliphatic rings. The van der Waals surface area contributed by atoms with Crippen molar-refractivity contribution in [2.24, 2.45) is 5.92 Å². The summed E-state index contributed by atoms with van der Waals surface area (Å²) in [5.41, 5.74) is 0.515. The van der Waals surface area contributed by atoms with E-state index in [4.69, 9.17) is 5.11 Å². The number of aromatic hydroxyl groups is 1. The Morgan fingerprint density at radius 2 is 1.67 bits per heavy atom. The van der Waals surface area contributed by atoms with Crippen molar-refractivity contribution in [1.82, 2.24) is 5.32 Å². The van der Waals surface area contributed by atoms with Gasteiger partial charge in [-0.2, -0.15) is 0 Å². The zero-order valence-corrected chi connectivity index (χ0v) is 12.1. The number of carboxylic acids is 2. The largest absolute Gasteiger partial charge is 0.508 e. The first-order chi connectivity index (χ1) is 9.81. The molecule has 2 unspecified atom stereocenters. The molecule has 6 nitrogen and oxygen atoms in total. The van der Waals surface area contributed by atoms with E-state index in [2.05, 4.69) is 5.32 Å². The molecule has 1 rings (SSSR count). The highest BCUT2D eigenvalue weighted by Gasteiger charge is 2.24. The number of phenolic OH excluding ortho intramolecular Hbond substituents is 1. The van der Waals surface area contributed by atoms with E-state index in [1.54, 1.807) is 0 Å². The van der Waals surface area contributed by atoms with Gasteiger partial charge in [0, 0.05) is 6.54 Å². The van der Waals surface area contributed by atoms with Gasteiger partial charge in [0.2, 0.25) is 0 Å². The molecular weight excluding hydrogens is 274 g/mol. The van der Waals surface area contributed by atoms with E-state index < -0.39 is 23.9 Å². The molecule has 0 saturated carbocycles. The Morgan fingerprint density at radius 1 is 1.10 bits per heavy atom. The summed E-state index contributed by atoms with van der Waals surface area (Å²) >= 11 is 0. The van der Waals surface area contributed by atoms with Crippen LogP contribution in [0.3, 0.4) is 0 Å². The first kappa shape index (κ1) is 17.0. The maximum absolute atomic E-state index is 11.3. The molecule has 0 heterocycles. The lowest BCUT2D eigenvalue weighted by molar-refractivity contribution is -0.142. The third-order valence-corrected chi connectivity index (χ3v) is 3.17.